The molecule has 0 aliphatic rings. The normalized spacial score (nSPS) is 19.0. The van der Waals surface area contributed by atoms with Crippen LogP contribution in [0.2, 0.25) is 0 Å². The molecular formula is C12F26O4. The second kappa shape index (κ2) is 10.3. The van der Waals surface area contributed by atoms with Crippen molar-refractivity contribution in [3.8, 4) is 0 Å². The van der Waals surface area contributed by atoms with Gasteiger partial charge in [0.1, 0.15) is 0 Å². The van der Waals surface area contributed by atoms with E-state index in [1.807, 2.05) is 0 Å². The summed E-state index contributed by atoms with van der Waals surface area (Å²) >= 11 is 0. The van der Waals surface area contributed by atoms with Crippen molar-refractivity contribution >= 4 is 0 Å². The first-order chi connectivity index (χ1) is 17.6. The molecule has 254 valence electrons. The molecule has 0 rings (SSSR count). The van der Waals surface area contributed by atoms with Gasteiger partial charge in [0.05, 0.1) is 0 Å². The fourth-order valence-electron chi connectivity index (χ4n) is 1.50. The highest BCUT2D eigenvalue weighted by Gasteiger charge is 2.86. The van der Waals surface area contributed by atoms with Crippen LogP contribution < -0.4 is 0 Å². The highest BCUT2D eigenvalue weighted by Crippen LogP contribution is 2.57. The lowest BCUT2D eigenvalue weighted by Crippen LogP contribution is -2.67. The molecule has 0 N–H and O–H groups in total. The summed E-state index contributed by atoms with van der Waals surface area (Å²) < 4.78 is 334. The molecule has 2 unspecified atom stereocenters. The molecule has 30 heteroatoms. The van der Waals surface area contributed by atoms with Crippen LogP contribution in [0.25, 0.3) is 0 Å². The van der Waals surface area contributed by atoms with Crippen molar-refractivity contribution in [2.45, 2.75) is 72.7 Å². The van der Waals surface area contributed by atoms with Crippen LogP contribution in [-0.4, -0.2) is 72.7 Å². The van der Waals surface area contributed by atoms with Gasteiger partial charge in [0.2, 0.25) is 0 Å². The second-order valence-corrected chi connectivity index (χ2v) is 6.77. The highest BCUT2D eigenvalue weighted by molar-refractivity contribution is 4.93. The van der Waals surface area contributed by atoms with Gasteiger partial charge in [0, 0.05) is 0 Å². The zero-order chi connectivity index (χ0) is 34.8. The van der Waals surface area contributed by atoms with Gasteiger partial charge >= 0.3 is 72.7 Å². The van der Waals surface area contributed by atoms with Crippen molar-refractivity contribution in [1.29, 1.82) is 0 Å². The average Bonchev–Trinajstić information content (AvgIpc) is 2.67. The maximum Gasteiger partial charge on any atom is 0.462 e. The van der Waals surface area contributed by atoms with Crippen molar-refractivity contribution in [2.24, 2.45) is 0 Å². The quantitative estimate of drug-likeness (QED) is 0.0943. The molecule has 0 bridgehead atoms. The molecule has 0 aromatic heterocycles. The lowest BCUT2D eigenvalue weighted by atomic mass is 10.2. The SMILES string of the molecule is FC(F)(F)C(F)(F)C(F)(F)OC(F)(OOC(F)(OC(F)(F)C(F)(F)C(F)(F)F)C(F)(F)C(F)(F)F)C(F)(F)C(F)(F)F. The first-order valence-corrected chi connectivity index (χ1v) is 8.30. The molecule has 2 atom stereocenters. The first-order valence-electron chi connectivity index (χ1n) is 8.30. The van der Waals surface area contributed by atoms with Crippen molar-refractivity contribution in [1.82, 2.24) is 0 Å². The highest BCUT2D eigenvalue weighted by atomic mass is 19.5. The summed E-state index contributed by atoms with van der Waals surface area (Å²) in [6, 6.07) is -16.8. The summed E-state index contributed by atoms with van der Waals surface area (Å²) in [5.41, 5.74) is 0. The standard InChI is InChI=1S/C12F26O4/c13-1(14,5(21,22)23)9(33,34)39-11(37,3(17,18)7(27,28)29)41-42-12(38,4(19,20)8(30,31)32)40-10(35,36)2(15,16)6(24,25)26. The van der Waals surface area contributed by atoms with E-state index in [1.165, 1.54) is 9.78 Å². The predicted molar refractivity (Wildman–Crippen MR) is 65.9 cm³/mol. The van der Waals surface area contributed by atoms with Crippen LogP contribution in [0.5, 0.6) is 0 Å². The van der Waals surface area contributed by atoms with E-state index in [0.717, 1.165) is 9.47 Å². The minimum Gasteiger partial charge on any atom is -0.247 e. The van der Waals surface area contributed by atoms with E-state index in [-0.39, 0.29) is 0 Å². The Balaban J connectivity index is 7.29. The van der Waals surface area contributed by atoms with E-state index in [0.29, 0.717) is 0 Å². The van der Waals surface area contributed by atoms with Crippen LogP contribution in [0.4, 0.5) is 114 Å². The summed E-state index contributed by atoms with van der Waals surface area (Å²) in [5, 5.41) is 0. The van der Waals surface area contributed by atoms with Crippen LogP contribution in [0.1, 0.15) is 0 Å². The van der Waals surface area contributed by atoms with Crippen molar-refractivity contribution in [3.05, 3.63) is 0 Å². The van der Waals surface area contributed by atoms with Gasteiger partial charge in [-0.25, -0.2) is 9.47 Å². The molecule has 0 fully saturated rings. The molecule has 0 heterocycles. The van der Waals surface area contributed by atoms with Gasteiger partial charge in [-0.05, 0) is 0 Å². The largest absolute Gasteiger partial charge is 0.462 e. The maximum atomic E-state index is 14.1. The fraction of sp³-hybridized carbons (Fsp3) is 1.00. The molecular weight excluding hydrogens is 702 g/mol. The van der Waals surface area contributed by atoms with E-state index < -0.39 is 72.7 Å². The number of rotatable bonds is 11. The third-order valence-corrected chi connectivity index (χ3v) is 3.68. The average molecular weight is 702 g/mol. The zero-order valence-corrected chi connectivity index (χ0v) is 17.5. The molecule has 0 radical (unpaired) electrons. The minimum absolute atomic E-state index is 1.10. The van der Waals surface area contributed by atoms with E-state index in [2.05, 4.69) is 0 Å². The van der Waals surface area contributed by atoms with Gasteiger partial charge < -0.3 is 0 Å². The summed E-state index contributed by atoms with van der Waals surface area (Å²) in [4.78, 5) is 2.55. The molecule has 0 saturated heterocycles. The predicted octanol–water partition coefficient (Wildman–Crippen LogP) is 8.19. The van der Waals surface area contributed by atoms with Crippen LogP contribution in [0.15, 0.2) is 0 Å². The van der Waals surface area contributed by atoms with Gasteiger partial charge in [-0.15, -0.1) is 0 Å². The first kappa shape index (κ1) is 40.0. The van der Waals surface area contributed by atoms with E-state index >= 15 is 0 Å². The number of ether oxygens (including phenoxy) is 2. The van der Waals surface area contributed by atoms with Gasteiger partial charge in [0.15, 0.2) is 0 Å². The molecule has 42 heavy (non-hydrogen) atoms. The Morgan fingerprint density at radius 1 is 0.238 bits per heavy atom. The van der Waals surface area contributed by atoms with Crippen LogP contribution in [-0.2, 0) is 19.2 Å². The van der Waals surface area contributed by atoms with Gasteiger partial charge in [-0.3, -0.25) is 0 Å². The van der Waals surface area contributed by atoms with Gasteiger partial charge in [-0.1, -0.05) is 0 Å². The van der Waals surface area contributed by atoms with Crippen molar-refractivity contribution < 1.29 is 133 Å². The van der Waals surface area contributed by atoms with E-state index in [4.69, 9.17) is 0 Å². The molecule has 0 spiro atoms. The van der Waals surface area contributed by atoms with Crippen molar-refractivity contribution in [2.75, 3.05) is 0 Å². The van der Waals surface area contributed by atoms with E-state index in [9.17, 15) is 114 Å². The Labute approximate surface area is 207 Å². The maximum absolute atomic E-state index is 14.1. The lowest BCUT2D eigenvalue weighted by Gasteiger charge is -2.40. The Morgan fingerprint density at radius 3 is 0.548 bits per heavy atom. The number of hydrogen-bond acceptors (Lipinski definition) is 4. The Hall–Kier alpha value is -1.98. The molecule has 0 amide bonds. The summed E-state index contributed by atoms with van der Waals surface area (Å²) in [7, 11) is 0. The molecule has 0 aliphatic carbocycles. The topological polar surface area (TPSA) is 36.9 Å². The molecule has 0 aromatic rings. The second-order valence-electron chi connectivity index (χ2n) is 6.77. The number of alkyl halides is 26. The third-order valence-electron chi connectivity index (χ3n) is 3.68. The monoisotopic (exact) mass is 702 g/mol. The summed E-state index contributed by atoms with van der Waals surface area (Å²) in [6.07, 6.45) is -48.9. The number of hydrogen-bond donors (Lipinski definition) is 0. The molecule has 4 nitrogen and oxygen atoms in total. The zero-order valence-electron chi connectivity index (χ0n) is 17.5. The Morgan fingerprint density at radius 2 is 0.405 bits per heavy atom. The summed E-state index contributed by atoms with van der Waals surface area (Å²) in [5.74, 6) is -33.5. The Kier molecular flexibility index (Phi) is 9.81. The van der Waals surface area contributed by atoms with E-state index in [1.54, 1.807) is 0 Å². The molecule has 0 aliphatic heterocycles. The van der Waals surface area contributed by atoms with Gasteiger partial charge in [0.25, 0.3) is 0 Å². The van der Waals surface area contributed by atoms with Crippen LogP contribution in [0.3, 0.4) is 0 Å². The Bertz CT molecular complexity index is 865. The van der Waals surface area contributed by atoms with Gasteiger partial charge in [-0.2, -0.15) is 124 Å². The minimum atomic E-state index is -8.52. The fourth-order valence-corrected chi connectivity index (χ4v) is 1.50. The van der Waals surface area contributed by atoms with Crippen LogP contribution in [0, 0.1) is 0 Å². The number of halogens is 26. The van der Waals surface area contributed by atoms with Crippen LogP contribution >= 0.6 is 0 Å². The molecule has 0 saturated carbocycles. The summed E-state index contributed by atoms with van der Waals surface area (Å²) in [6.45, 7) is 0. The van der Waals surface area contributed by atoms with Crippen molar-refractivity contribution in [3.63, 3.8) is 0 Å². The molecule has 0 aromatic carbocycles. The third kappa shape index (κ3) is 6.58. The smallest absolute Gasteiger partial charge is 0.247 e. The lowest BCUT2D eigenvalue weighted by molar-refractivity contribution is -0.657.